The van der Waals surface area contributed by atoms with Crippen molar-refractivity contribution in [2.24, 2.45) is 7.05 Å². The van der Waals surface area contributed by atoms with E-state index in [9.17, 15) is 4.79 Å². The van der Waals surface area contributed by atoms with E-state index in [1.54, 1.807) is 25.2 Å². The van der Waals surface area contributed by atoms with Crippen molar-refractivity contribution >= 4 is 29.5 Å². The van der Waals surface area contributed by atoms with Gasteiger partial charge in [0.25, 0.3) is 0 Å². The number of hydrogen-bond donors (Lipinski definition) is 0. The molecule has 5 heteroatoms. The minimum absolute atomic E-state index is 0.324. The maximum Gasteiger partial charge on any atom is 0.155 e. The quantitative estimate of drug-likeness (QED) is 0.772. The summed E-state index contributed by atoms with van der Waals surface area (Å²) in [6.45, 7) is 0. The summed E-state index contributed by atoms with van der Waals surface area (Å²) >= 11 is 11.8. The van der Waals surface area contributed by atoms with Gasteiger partial charge in [0.05, 0.1) is 5.56 Å². The SMILES string of the molecule is Cn1nc(-c2cccc(Cl)c2)c(C=O)c1Cl. The number of rotatable bonds is 2. The second-order valence-corrected chi connectivity index (χ2v) is 4.10. The molecule has 0 aliphatic carbocycles. The lowest BCUT2D eigenvalue weighted by atomic mass is 10.1. The molecule has 0 atom stereocenters. The molecule has 0 unspecified atom stereocenters. The third-order valence-electron chi connectivity index (χ3n) is 2.23. The molecule has 0 saturated carbocycles. The molecule has 16 heavy (non-hydrogen) atoms. The Hall–Kier alpha value is -1.32. The molecular weight excluding hydrogens is 247 g/mol. The van der Waals surface area contributed by atoms with E-state index in [-0.39, 0.29) is 0 Å². The van der Waals surface area contributed by atoms with Crippen LogP contribution in [0.3, 0.4) is 0 Å². The minimum atomic E-state index is 0.324. The summed E-state index contributed by atoms with van der Waals surface area (Å²) in [4.78, 5) is 10.9. The van der Waals surface area contributed by atoms with Gasteiger partial charge in [0, 0.05) is 17.6 Å². The van der Waals surface area contributed by atoms with Crippen LogP contribution in [0.25, 0.3) is 11.3 Å². The fraction of sp³-hybridized carbons (Fsp3) is 0.0909. The largest absolute Gasteiger partial charge is 0.298 e. The standard InChI is InChI=1S/C11H8Cl2N2O/c1-15-11(13)9(6-16)10(14-15)7-3-2-4-8(12)5-7/h2-6H,1H3. The number of aldehydes is 1. The first kappa shape index (κ1) is 11.2. The predicted molar refractivity (Wildman–Crippen MR) is 64.1 cm³/mol. The van der Waals surface area contributed by atoms with Gasteiger partial charge < -0.3 is 0 Å². The Balaban J connectivity index is 2.64. The van der Waals surface area contributed by atoms with Crippen LogP contribution in [-0.4, -0.2) is 16.1 Å². The third kappa shape index (κ3) is 1.84. The average Bonchev–Trinajstić information content (AvgIpc) is 2.55. The van der Waals surface area contributed by atoms with Crippen LogP contribution in [0.2, 0.25) is 10.2 Å². The van der Waals surface area contributed by atoms with Crippen molar-refractivity contribution in [1.29, 1.82) is 0 Å². The summed E-state index contributed by atoms with van der Waals surface area (Å²) in [5.41, 5.74) is 1.70. The summed E-state index contributed by atoms with van der Waals surface area (Å²) in [6, 6.07) is 7.13. The van der Waals surface area contributed by atoms with Crippen LogP contribution in [0.4, 0.5) is 0 Å². The minimum Gasteiger partial charge on any atom is -0.298 e. The smallest absolute Gasteiger partial charge is 0.155 e. The zero-order chi connectivity index (χ0) is 11.7. The highest BCUT2D eigenvalue weighted by Crippen LogP contribution is 2.28. The molecule has 0 fully saturated rings. The first-order chi connectivity index (χ1) is 7.63. The number of nitrogens with zero attached hydrogens (tertiary/aromatic N) is 2. The van der Waals surface area contributed by atoms with Gasteiger partial charge in [-0.15, -0.1) is 0 Å². The van der Waals surface area contributed by atoms with Gasteiger partial charge in [-0.3, -0.25) is 9.48 Å². The molecule has 0 spiro atoms. The number of benzene rings is 1. The highest BCUT2D eigenvalue weighted by Gasteiger charge is 2.15. The lowest BCUT2D eigenvalue weighted by Gasteiger charge is -1.98. The maximum atomic E-state index is 10.9. The van der Waals surface area contributed by atoms with Crippen molar-refractivity contribution < 1.29 is 4.79 Å². The van der Waals surface area contributed by atoms with Crippen LogP contribution in [0.5, 0.6) is 0 Å². The summed E-state index contributed by atoms with van der Waals surface area (Å²) in [7, 11) is 1.68. The molecule has 3 nitrogen and oxygen atoms in total. The van der Waals surface area contributed by atoms with Crippen LogP contribution in [0.15, 0.2) is 24.3 Å². The number of carbonyl (C=O) groups excluding carboxylic acids is 1. The number of hydrogen-bond acceptors (Lipinski definition) is 2. The maximum absolute atomic E-state index is 10.9. The van der Waals surface area contributed by atoms with Crippen LogP contribution in [-0.2, 0) is 7.05 Å². The molecule has 1 heterocycles. The second kappa shape index (κ2) is 4.28. The average molecular weight is 255 g/mol. The fourth-order valence-electron chi connectivity index (χ4n) is 1.47. The Bertz CT molecular complexity index is 549. The zero-order valence-electron chi connectivity index (χ0n) is 8.45. The van der Waals surface area contributed by atoms with E-state index >= 15 is 0 Å². The van der Waals surface area contributed by atoms with Crippen molar-refractivity contribution in [2.75, 3.05) is 0 Å². The van der Waals surface area contributed by atoms with Gasteiger partial charge in [0.1, 0.15) is 10.8 Å². The number of halogens is 2. The fourth-order valence-corrected chi connectivity index (χ4v) is 1.84. The van der Waals surface area contributed by atoms with Crippen molar-refractivity contribution in [3.8, 4) is 11.3 Å². The molecule has 2 rings (SSSR count). The molecule has 0 N–H and O–H groups in total. The van der Waals surface area contributed by atoms with Gasteiger partial charge in [-0.1, -0.05) is 35.3 Å². The topological polar surface area (TPSA) is 34.9 Å². The number of carbonyl (C=O) groups is 1. The van der Waals surface area contributed by atoms with Crippen LogP contribution < -0.4 is 0 Å². The van der Waals surface area contributed by atoms with E-state index < -0.39 is 0 Å². The van der Waals surface area contributed by atoms with E-state index in [0.29, 0.717) is 27.7 Å². The van der Waals surface area contributed by atoms with E-state index in [1.165, 1.54) is 4.68 Å². The van der Waals surface area contributed by atoms with Crippen LogP contribution in [0.1, 0.15) is 10.4 Å². The third-order valence-corrected chi connectivity index (χ3v) is 2.91. The number of aryl methyl sites for hydroxylation is 1. The molecule has 0 radical (unpaired) electrons. The van der Waals surface area contributed by atoms with Crippen molar-refractivity contribution in [3.63, 3.8) is 0 Å². The summed E-state index contributed by atoms with van der Waals surface area (Å²) in [5, 5.41) is 5.10. The zero-order valence-corrected chi connectivity index (χ0v) is 9.96. The Morgan fingerprint density at radius 1 is 1.38 bits per heavy atom. The molecule has 0 saturated heterocycles. The van der Waals surface area contributed by atoms with Gasteiger partial charge in [0.2, 0.25) is 0 Å². The van der Waals surface area contributed by atoms with Crippen molar-refractivity contribution in [1.82, 2.24) is 9.78 Å². The van der Waals surface area contributed by atoms with Gasteiger partial charge in [0.15, 0.2) is 6.29 Å². The van der Waals surface area contributed by atoms with Gasteiger partial charge in [-0.25, -0.2) is 0 Å². The summed E-state index contributed by atoms with van der Waals surface area (Å²) < 4.78 is 1.46. The van der Waals surface area contributed by atoms with E-state index in [1.807, 2.05) is 6.07 Å². The Morgan fingerprint density at radius 3 is 2.75 bits per heavy atom. The first-order valence-corrected chi connectivity index (χ1v) is 5.32. The molecule has 82 valence electrons. The molecule has 1 aromatic carbocycles. The molecule has 2 aromatic rings. The summed E-state index contributed by atoms with van der Waals surface area (Å²) in [5.74, 6) is 0. The normalized spacial score (nSPS) is 10.4. The molecule has 0 amide bonds. The molecular formula is C11H8Cl2N2O. The Kier molecular flexibility index (Phi) is 2.99. The molecule has 0 aliphatic rings. The lowest BCUT2D eigenvalue weighted by molar-refractivity contribution is 0.112. The molecule has 1 aromatic heterocycles. The first-order valence-electron chi connectivity index (χ1n) is 4.57. The summed E-state index contributed by atoms with van der Waals surface area (Å²) in [6.07, 6.45) is 0.700. The lowest BCUT2D eigenvalue weighted by Crippen LogP contribution is -1.89. The highest BCUT2D eigenvalue weighted by molar-refractivity contribution is 6.33. The van der Waals surface area contributed by atoms with Gasteiger partial charge in [-0.2, -0.15) is 5.10 Å². The predicted octanol–water partition coefficient (Wildman–Crippen LogP) is 3.21. The molecule has 0 bridgehead atoms. The van der Waals surface area contributed by atoms with Crippen molar-refractivity contribution in [3.05, 3.63) is 40.0 Å². The molecule has 0 aliphatic heterocycles. The van der Waals surface area contributed by atoms with Crippen LogP contribution in [0, 0.1) is 0 Å². The Morgan fingerprint density at radius 2 is 2.12 bits per heavy atom. The van der Waals surface area contributed by atoms with E-state index in [0.717, 1.165) is 5.56 Å². The Labute approximate surface area is 103 Å². The van der Waals surface area contributed by atoms with Crippen molar-refractivity contribution in [2.45, 2.75) is 0 Å². The van der Waals surface area contributed by atoms with E-state index in [4.69, 9.17) is 23.2 Å². The second-order valence-electron chi connectivity index (χ2n) is 3.30. The number of aromatic nitrogens is 2. The monoisotopic (exact) mass is 254 g/mol. The van der Waals surface area contributed by atoms with Crippen LogP contribution >= 0.6 is 23.2 Å². The van der Waals surface area contributed by atoms with E-state index in [2.05, 4.69) is 5.10 Å². The van der Waals surface area contributed by atoms with Gasteiger partial charge in [-0.05, 0) is 12.1 Å². The highest BCUT2D eigenvalue weighted by atomic mass is 35.5. The van der Waals surface area contributed by atoms with Gasteiger partial charge >= 0.3 is 0 Å².